The van der Waals surface area contributed by atoms with Crippen LogP contribution in [0.1, 0.15) is 13.3 Å². The van der Waals surface area contributed by atoms with Gasteiger partial charge in [0.1, 0.15) is 5.82 Å². The fraction of sp³-hybridized carbons (Fsp3) is 0.200. The number of aromatic nitrogens is 3. The number of anilines is 3. The number of hydrogen-bond donors (Lipinski definition) is 2. The van der Waals surface area contributed by atoms with Crippen molar-refractivity contribution < 1.29 is 0 Å². The zero-order valence-corrected chi connectivity index (χ0v) is 12.4. The van der Waals surface area contributed by atoms with Crippen LogP contribution in [0.15, 0.2) is 42.9 Å². The third kappa shape index (κ3) is 2.92. The minimum Gasteiger partial charge on any atom is -0.369 e. The molecule has 0 spiro atoms. The monoisotopic (exact) mass is 301 g/mol. The van der Waals surface area contributed by atoms with Crippen molar-refractivity contribution in [2.45, 2.75) is 13.3 Å². The minimum atomic E-state index is 0.649. The maximum Gasteiger partial charge on any atom is 0.180 e. The number of halogens is 1. The van der Waals surface area contributed by atoms with Crippen LogP contribution in [0, 0.1) is 0 Å². The average molecular weight is 302 g/mol. The van der Waals surface area contributed by atoms with Crippen molar-refractivity contribution >= 4 is 34.6 Å². The fourth-order valence-electron chi connectivity index (χ4n) is 2.04. The van der Waals surface area contributed by atoms with Gasteiger partial charge in [0.2, 0.25) is 0 Å². The zero-order valence-electron chi connectivity index (χ0n) is 11.7. The second-order valence-corrected chi connectivity index (χ2v) is 5.07. The van der Waals surface area contributed by atoms with Gasteiger partial charge in [-0.3, -0.25) is 0 Å². The zero-order chi connectivity index (χ0) is 14.7. The van der Waals surface area contributed by atoms with E-state index in [1.54, 1.807) is 6.20 Å². The van der Waals surface area contributed by atoms with Crippen LogP contribution in [0.2, 0.25) is 5.02 Å². The van der Waals surface area contributed by atoms with Gasteiger partial charge in [-0.15, -0.1) is 0 Å². The Balaban J connectivity index is 2.00. The van der Waals surface area contributed by atoms with Gasteiger partial charge in [-0.2, -0.15) is 0 Å². The van der Waals surface area contributed by atoms with Crippen LogP contribution in [-0.4, -0.2) is 20.9 Å². The normalized spacial score (nSPS) is 10.8. The van der Waals surface area contributed by atoms with Crippen molar-refractivity contribution in [3.05, 3.63) is 47.9 Å². The van der Waals surface area contributed by atoms with Crippen LogP contribution in [-0.2, 0) is 0 Å². The Bertz CT molecular complexity index is 753. The summed E-state index contributed by atoms with van der Waals surface area (Å²) in [4.78, 5) is 8.92. The molecule has 0 aliphatic heterocycles. The van der Waals surface area contributed by atoms with E-state index in [0.29, 0.717) is 10.8 Å². The standard InChI is InChI=1S/C15H16ClN5/c1-2-7-17-13-10-21-9-8-18-15(21)14(20-13)19-12-6-4-3-5-11(12)16/h3-6,8-10,17H,2,7H2,1H3,(H,19,20). The molecule has 3 rings (SSSR count). The predicted octanol–water partition coefficient (Wildman–Crippen LogP) is 3.95. The topological polar surface area (TPSA) is 54.2 Å². The lowest BCUT2D eigenvalue weighted by Crippen LogP contribution is -2.06. The number of fused-ring (bicyclic) bond motifs is 1. The second kappa shape index (κ2) is 6.01. The predicted molar refractivity (Wildman–Crippen MR) is 86.5 cm³/mol. The number of rotatable bonds is 5. The van der Waals surface area contributed by atoms with Gasteiger partial charge in [-0.25, -0.2) is 9.97 Å². The van der Waals surface area contributed by atoms with Gasteiger partial charge >= 0.3 is 0 Å². The Morgan fingerprint density at radius 1 is 1.29 bits per heavy atom. The first-order chi connectivity index (χ1) is 10.3. The van der Waals surface area contributed by atoms with Crippen LogP contribution >= 0.6 is 11.6 Å². The number of nitrogens with one attached hydrogen (secondary N) is 2. The molecular weight excluding hydrogens is 286 g/mol. The largest absolute Gasteiger partial charge is 0.369 e. The summed E-state index contributed by atoms with van der Waals surface area (Å²) in [7, 11) is 0. The average Bonchev–Trinajstić information content (AvgIpc) is 2.96. The Morgan fingerprint density at radius 2 is 2.14 bits per heavy atom. The van der Waals surface area contributed by atoms with Crippen molar-refractivity contribution in [2.24, 2.45) is 0 Å². The lowest BCUT2D eigenvalue weighted by molar-refractivity contribution is 0.962. The third-order valence-electron chi connectivity index (χ3n) is 3.06. The van der Waals surface area contributed by atoms with E-state index < -0.39 is 0 Å². The fourth-order valence-corrected chi connectivity index (χ4v) is 2.23. The number of nitrogens with zero attached hydrogens (tertiary/aromatic N) is 3. The molecule has 6 heteroatoms. The summed E-state index contributed by atoms with van der Waals surface area (Å²) in [5.74, 6) is 1.48. The highest BCUT2D eigenvalue weighted by molar-refractivity contribution is 6.33. The van der Waals surface area contributed by atoms with Gasteiger partial charge in [0.25, 0.3) is 0 Å². The summed E-state index contributed by atoms with van der Waals surface area (Å²) in [5, 5.41) is 7.19. The molecule has 0 bridgehead atoms. The van der Waals surface area contributed by atoms with Crippen molar-refractivity contribution in [2.75, 3.05) is 17.2 Å². The van der Waals surface area contributed by atoms with Crippen LogP contribution in [0.3, 0.4) is 0 Å². The highest BCUT2D eigenvalue weighted by Crippen LogP contribution is 2.26. The second-order valence-electron chi connectivity index (χ2n) is 4.66. The summed E-state index contributed by atoms with van der Waals surface area (Å²) in [5.41, 5.74) is 1.57. The smallest absolute Gasteiger partial charge is 0.180 e. The maximum atomic E-state index is 6.19. The molecule has 0 saturated heterocycles. The molecule has 0 aliphatic rings. The van der Waals surface area contributed by atoms with Gasteiger partial charge in [-0.05, 0) is 18.6 Å². The Kier molecular flexibility index (Phi) is 3.92. The van der Waals surface area contributed by atoms with Gasteiger partial charge in [-0.1, -0.05) is 30.7 Å². The van der Waals surface area contributed by atoms with E-state index in [0.717, 1.165) is 30.1 Å². The lowest BCUT2D eigenvalue weighted by Gasteiger charge is -2.11. The minimum absolute atomic E-state index is 0.649. The highest BCUT2D eigenvalue weighted by atomic mass is 35.5. The molecule has 21 heavy (non-hydrogen) atoms. The Hall–Kier alpha value is -2.27. The van der Waals surface area contributed by atoms with Gasteiger partial charge in [0.05, 0.1) is 16.9 Å². The molecule has 0 saturated carbocycles. The van der Waals surface area contributed by atoms with Crippen LogP contribution in [0.25, 0.3) is 5.65 Å². The van der Waals surface area contributed by atoms with E-state index in [4.69, 9.17) is 11.6 Å². The summed E-state index contributed by atoms with van der Waals surface area (Å²) in [6.45, 7) is 2.99. The molecule has 0 aliphatic carbocycles. The van der Waals surface area contributed by atoms with Crippen molar-refractivity contribution in [3.63, 3.8) is 0 Å². The first kappa shape index (κ1) is 13.7. The highest BCUT2D eigenvalue weighted by Gasteiger charge is 2.09. The molecule has 0 fully saturated rings. The van der Waals surface area contributed by atoms with Crippen molar-refractivity contribution in [1.82, 2.24) is 14.4 Å². The quantitative estimate of drug-likeness (QED) is 0.749. The molecular formula is C15H16ClN5. The molecule has 5 nitrogen and oxygen atoms in total. The molecule has 2 heterocycles. The van der Waals surface area contributed by atoms with Crippen molar-refractivity contribution in [1.29, 1.82) is 0 Å². The molecule has 2 aromatic heterocycles. The van der Waals surface area contributed by atoms with E-state index in [1.807, 2.05) is 41.1 Å². The molecule has 0 radical (unpaired) electrons. The Morgan fingerprint density at radius 3 is 2.95 bits per heavy atom. The number of hydrogen-bond acceptors (Lipinski definition) is 4. The van der Waals surface area contributed by atoms with E-state index in [-0.39, 0.29) is 0 Å². The molecule has 1 aromatic carbocycles. The summed E-state index contributed by atoms with van der Waals surface area (Å²) in [6.07, 6.45) is 6.61. The van der Waals surface area contributed by atoms with E-state index in [2.05, 4.69) is 27.5 Å². The third-order valence-corrected chi connectivity index (χ3v) is 3.39. The lowest BCUT2D eigenvalue weighted by atomic mass is 10.3. The van der Waals surface area contributed by atoms with Crippen LogP contribution in [0.4, 0.5) is 17.3 Å². The summed E-state index contributed by atoms with van der Waals surface area (Å²) < 4.78 is 1.93. The van der Waals surface area contributed by atoms with E-state index >= 15 is 0 Å². The molecule has 2 N–H and O–H groups in total. The SMILES string of the molecule is CCCNc1cn2ccnc2c(Nc2ccccc2Cl)n1. The van der Waals surface area contributed by atoms with Crippen LogP contribution in [0.5, 0.6) is 0 Å². The summed E-state index contributed by atoms with van der Waals surface area (Å²) >= 11 is 6.19. The van der Waals surface area contributed by atoms with Gasteiger partial charge in [0.15, 0.2) is 11.5 Å². The molecule has 0 amide bonds. The Labute approximate surface area is 128 Å². The van der Waals surface area contributed by atoms with E-state index in [1.165, 1.54) is 0 Å². The molecule has 0 atom stereocenters. The first-order valence-corrected chi connectivity index (χ1v) is 7.25. The van der Waals surface area contributed by atoms with Gasteiger partial charge < -0.3 is 15.0 Å². The van der Waals surface area contributed by atoms with Crippen molar-refractivity contribution in [3.8, 4) is 0 Å². The van der Waals surface area contributed by atoms with Gasteiger partial charge in [0, 0.05) is 18.9 Å². The number of imidazole rings is 1. The van der Waals surface area contributed by atoms with Crippen LogP contribution < -0.4 is 10.6 Å². The first-order valence-electron chi connectivity index (χ1n) is 6.87. The summed E-state index contributed by atoms with van der Waals surface area (Å²) in [6, 6.07) is 7.57. The molecule has 3 aromatic rings. The molecule has 0 unspecified atom stereocenters. The number of benzene rings is 1. The maximum absolute atomic E-state index is 6.19. The molecule has 108 valence electrons. The van der Waals surface area contributed by atoms with E-state index in [9.17, 15) is 0 Å². The number of para-hydroxylation sites is 1.